The van der Waals surface area contributed by atoms with E-state index in [9.17, 15) is 9.36 Å². The van der Waals surface area contributed by atoms with Crippen molar-refractivity contribution >= 4 is 23.7 Å². The summed E-state index contributed by atoms with van der Waals surface area (Å²) in [5.74, 6) is 1.82. The van der Waals surface area contributed by atoms with E-state index >= 15 is 0 Å². The lowest BCUT2D eigenvalue weighted by molar-refractivity contribution is -0.141. The maximum atomic E-state index is 13.5. The molecule has 2 aromatic carbocycles. The summed E-state index contributed by atoms with van der Waals surface area (Å²) in [5.41, 5.74) is 0. The minimum absolute atomic E-state index is 0.0557. The lowest BCUT2D eigenvalue weighted by atomic mass is 10.4. The van der Waals surface area contributed by atoms with Gasteiger partial charge in [0.15, 0.2) is 6.61 Å². The van der Waals surface area contributed by atoms with Gasteiger partial charge in [0.05, 0.1) is 6.42 Å². The Bertz CT molecular complexity index is 659. The van der Waals surface area contributed by atoms with Crippen LogP contribution in [0.1, 0.15) is 6.42 Å². The molecule has 0 aliphatic rings. The molecule has 0 bridgehead atoms. The lowest BCUT2D eigenvalue weighted by Gasteiger charge is -2.18. The molecule has 0 aliphatic carbocycles. The Balaban J connectivity index is 2.26. The van der Waals surface area contributed by atoms with Crippen molar-refractivity contribution in [2.75, 3.05) is 12.8 Å². The predicted octanol–water partition coefficient (Wildman–Crippen LogP) is 2.57. The van der Waals surface area contributed by atoms with Gasteiger partial charge in [0.25, 0.3) is 0 Å². The second kappa shape index (κ2) is 7.64. The molecule has 0 saturated heterocycles. The first-order chi connectivity index (χ1) is 10.7. The van der Waals surface area contributed by atoms with Crippen molar-refractivity contribution in [3.63, 3.8) is 0 Å². The van der Waals surface area contributed by atoms with Crippen LogP contribution in [-0.4, -0.2) is 18.7 Å². The molecule has 0 aliphatic heterocycles. The number of carbonyl (C=O) groups excluding carboxylic acids is 1. The highest BCUT2D eigenvalue weighted by Crippen LogP contribution is 2.43. The predicted molar refractivity (Wildman–Crippen MR) is 89.0 cm³/mol. The molecule has 0 fully saturated rings. The minimum Gasteiger partial charge on any atom is -0.452 e. The molecule has 0 aromatic heterocycles. The Morgan fingerprint density at radius 2 is 1.50 bits per heavy atom. The standard InChI is InChI=1S/C18H17O3P/c1-2-14-21-18(19)13-15-22(20,16-9-5-3-6-10-16)17-11-7-4-8-12-17/h1,3-12H,13-15H2. The number of esters is 1. The van der Waals surface area contributed by atoms with Gasteiger partial charge in [0.2, 0.25) is 0 Å². The van der Waals surface area contributed by atoms with Crippen LogP contribution in [0, 0.1) is 12.3 Å². The highest BCUT2D eigenvalue weighted by Gasteiger charge is 2.27. The van der Waals surface area contributed by atoms with Crippen molar-refractivity contribution in [1.82, 2.24) is 0 Å². The third kappa shape index (κ3) is 3.87. The number of benzene rings is 2. The maximum absolute atomic E-state index is 13.5. The SMILES string of the molecule is C#CCOC(=O)CCP(=O)(c1ccccc1)c1ccccc1. The van der Waals surface area contributed by atoms with Crippen molar-refractivity contribution in [1.29, 1.82) is 0 Å². The van der Waals surface area contributed by atoms with Gasteiger partial charge >= 0.3 is 5.97 Å². The molecule has 22 heavy (non-hydrogen) atoms. The first-order valence-corrected chi connectivity index (χ1v) is 8.85. The van der Waals surface area contributed by atoms with Crippen molar-refractivity contribution in [2.45, 2.75) is 6.42 Å². The Labute approximate surface area is 130 Å². The Hall–Kier alpha value is -2.30. The molecule has 0 N–H and O–H groups in total. The van der Waals surface area contributed by atoms with Gasteiger partial charge in [-0.15, -0.1) is 6.42 Å². The Morgan fingerprint density at radius 3 is 1.95 bits per heavy atom. The van der Waals surface area contributed by atoms with E-state index in [2.05, 4.69) is 5.92 Å². The highest BCUT2D eigenvalue weighted by atomic mass is 31.2. The Morgan fingerprint density at radius 1 is 1.00 bits per heavy atom. The van der Waals surface area contributed by atoms with Gasteiger partial charge in [-0.1, -0.05) is 66.6 Å². The molecule has 0 heterocycles. The van der Waals surface area contributed by atoms with Crippen molar-refractivity contribution in [3.8, 4) is 12.3 Å². The number of ether oxygens (including phenoxy) is 1. The van der Waals surface area contributed by atoms with E-state index in [-0.39, 0.29) is 19.2 Å². The van der Waals surface area contributed by atoms with Gasteiger partial charge < -0.3 is 9.30 Å². The second-order valence-electron chi connectivity index (χ2n) is 4.75. The van der Waals surface area contributed by atoms with E-state index < -0.39 is 13.1 Å². The van der Waals surface area contributed by atoms with Crippen LogP contribution in [0.15, 0.2) is 60.7 Å². The molecule has 112 valence electrons. The molecule has 0 spiro atoms. The van der Waals surface area contributed by atoms with E-state index in [1.807, 2.05) is 60.7 Å². The molecule has 0 unspecified atom stereocenters. The maximum Gasteiger partial charge on any atom is 0.307 e. The van der Waals surface area contributed by atoms with Gasteiger partial charge in [-0.3, -0.25) is 4.79 Å². The van der Waals surface area contributed by atoms with Crippen LogP contribution in [-0.2, 0) is 14.1 Å². The van der Waals surface area contributed by atoms with Gasteiger partial charge in [-0.25, -0.2) is 0 Å². The van der Waals surface area contributed by atoms with Crippen LogP contribution < -0.4 is 10.6 Å². The molecule has 4 heteroatoms. The van der Waals surface area contributed by atoms with E-state index in [1.165, 1.54) is 0 Å². The number of hydrogen-bond acceptors (Lipinski definition) is 3. The van der Waals surface area contributed by atoms with Crippen molar-refractivity contribution in [3.05, 3.63) is 60.7 Å². The van der Waals surface area contributed by atoms with E-state index in [4.69, 9.17) is 11.2 Å². The molecule has 0 saturated carbocycles. The van der Waals surface area contributed by atoms with Crippen LogP contribution in [0.2, 0.25) is 0 Å². The summed E-state index contributed by atoms with van der Waals surface area (Å²) in [7, 11) is -2.86. The summed E-state index contributed by atoms with van der Waals surface area (Å²) < 4.78 is 18.4. The molecule has 0 amide bonds. The smallest absolute Gasteiger partial charge is 0.307 e. The van der Waals surface area contributed by atoms with Crippen LogP contribution in [0.5, 0.6) is 0 Å². The molecule has 2 aromatic rings. The first-order valence-electron chi connectivity index (χ1n) is 6.96. The van der Waals surface area contributed by atoms with Crippen molar-refractivity contribution < 1.29 is 14.1 Å². The lowest BCUT2D eigenvalue weighted by Crippen LogP contribution is -2.20. The summed E-state index contributed by atoms with van der Waals surface area (Å²) in [5, 5.41) is 1.48. The molecule has 2 rings (SSSR count). The monoisotopic (exact) mass is 312 g/mol. The summed E-state index contributed by atoms with van der Waals surface area (Å²) >= 11 is 0. The van der Waals surface area contributed by atoms with Crippen LogP contribution in [0.3, 0.4) is 0 Å². The molecule has 3 nitrogen and oxygen atoms in total. The average molecular weight is 312 g/mol. The molecular formula is C18H17O3P. The fourth-order valence-electron chi connectivity index (χ4n) is 2.19. The Kier molecular flexibility index (Phi) is 5.58. The van der Waals surface area contributed by atoms with Crippen molar-refractivity contribution in [2.24, 2.45) is 0 Å². The van der Waals surface area contributed by atoms with Crippen LogP contribution >= 0.6 is 7.14 Å². The van der Waals surface area contributed by atoms with E-state index in [0.717, 1.165) is 10.6 Å². The first kappa shape index (κ1) is 16.1. The van der Waals surface area contributed by atoms with E-state index in [0.29, 0.717) is 0 Å². The van der Waals surface area contributed by atoms with Gasteiger partial charge in [0.1, 0.15) is 7.14 Å². The number of rotatable bonds is 6. The van der Waals surface area contributed by atoms with Gasteiger partial charge in [-0.2, -0.15) is 0 Å². The number of terminal acetylenes is 1. The zero-order chi connectivity index (χ0) is 15.8. The third-order valence-corrected chi connectivity index (χ3v) is 6.41. The highest BCUT2D eigenvalue weighted by molar-refractivity contribution is 7.78. The van der Waals surface area contributed by atoms with Crippen LogP contribution in [0.25, 0.3) is 0 Å². The third-order valence-electron chi connectivity index (χ3n) is 3.29. The summed E-state index contributed by atoms with van der Waals surface area (Å²) in [6.45, 7) is -0.0557. The zero-order valence-electron chi connectivity index (χ0n) is 12.1. The fraction of sp³-hybridized carbons (Fsp3) is 0.167. The van der Waals surface area contributed by atoms with E-state index in [1.54, 1.807) is 0 Å². The molecular weight excluding hydrogens is 295 g/mol. The molecule has 0 atom stereocenters. The second-order valence-corrected chi connectivity index (χ2v) is 7.71. The number of hydrogen-bond donors (Lipinski definition) is 0. The zero-order valence-corrected chi connectivity index (χ0v) is 13.0. The van der Waals surface area contributed by atoms with Gasteiger partial charge in [-0.05, 0) is 0 Å². The molecule has 0 radical (unpaired) electrons. The topological polar surface area (TPSA) is 43.4 Å². The fourth-order valence-corrected chi connectivity index (χ4v) is 4.81. The number of carbonyl (C=O) groups is 1. The normalized spacial score (nSPS) is 10.7. The summed E-state index contributed by atoms with van der Waals surface area (Å²) in [6, 6.07) is 18.5. The van der Waals surface area contributed by atoms with Gasteiger partial charge in [0, 0.05) is 16.8 Å². The quantitative estimate of drug-likeness (QED) is 0.468. The average Bonchev–Trinajstić information content (AvgIpc) is 2.59. The summed E-state index contributed by atoms with van der Waals surface area (Å²) in [4.78, 5) is 11.7. The van der Waals surface area contributed by atoms with Crippen LogP contribution in [0.4, 0.5) is 0 Å². The largest absolute Gasteiger partial charge is 0.452 e. The minimum atomic E-state index is -2.86. The summed E-state index contributed by atoms with van der Waals surface area (Å²) in [6.07, 6.45) is 5.36.